The molecule has 2 aromatic rings. The molecule has 1 aromatic carbocycles. The summed E-state index contributed by atoms with van der Waals surface area (Å²) < 4.78 is 2.33. The van der Waals surface area contributed by atoms with Crippen molar-refractivity contribution < 1.29 is 4.79 Å². The summed E-state index contributed by atoms with van der Waals surface area (Å²) in [5.41, 5.74) is 1.18. The number of anilines is 1. The van der Waals surface area contributed by atoms with Crippen LogP contribution in [-0.2, 0) is 7.05 Å². The number of nitrogens with zero attached hydrogens (tertiary/aromatic N) is 3. The van der Waals surface area contributed by atoms with E-state index in [0.717, 1.165) is 4.47 Å². The van der Waals surface area contributed by atoms with Crippen LogP contribution in [-0.4, -0.2) is 15.7 Å². The third-order valence-electron chi connectivity index (χ3n) is 2.30. The standard InChI is InChI=1S/C12H9BrN4O/c1-17-5-4-11(16-17)12(18)15-10-3-2-9(13)6-8(10)7-14/h2-6H,1H3,(H,15,18). The Balaban J connectivity index is 2.25. The van der Waals surface area contributed by atoms with Gasteiger partial charge in [0.25, 0.3) is 5.91 Å². The van der Waals surface area contributed by atoms with Crippen molar-refractivity contribution in [1.29, 1.82) is 5.26 Å². The second-order valence-corrected chi connectivity index (χ2v) is 4.55. The molecule has 0 aliphatic heterocycles. The van der Waals surface area contributed by atoms with E-state index in [4.69, 9.17) is 5.26 Å². The number of nitriles is 1. The van der Waals surface area contributed by atoms with Crippen molar-refractivity contribution in [2.24, 2.45) is 7.05 Å². The predicted molar refractivity (Wildman–Crippen MR) is 70.0 cm³/mol. The molecule has 0 saturated carbocycles. The lowest BCUT2D eigenvalue weighted by Gasteiger charge is -2.05. The molecule has 0 bridgehead atoms. The van der Waals surface area contributed by atoms with Crippen LogP contribution in [0.5, 0.6) is 0 Å². The van der Waals surface area contributed by atoms with Crippen LogP contribution in [0.15, 0.2) is 34.9 Å². The van der Waals surface area contributed by atoms with Gasteiger partial charge in [0, 0.05) is 17.7 Å². The highest BCUT2D eigenvalue weighted by molar-refractivity contribution is 9.10. The van der Waals surface area contributed by atoms with Crippen LogP contribution in [0, 0.1) is 11.3 Å². The van der Waals surface area contributed by atoms with Gasteiger partial charge in [-0.15, -0.1) is 0 Å². The molecule has 0 aliphatic carbocycles. The molecule has 1 amide bonds. The first-order chi connectivity index (χ1) is 8.60. The Morgan fingerprint density at radius 2 is 2.28 bits per heavy atom. The normalized spacial score (nSPS) is 9.83. The van der Waals surface area contributed by atoms with E-state index < -0.39 is 0 Å². The molecule has 0 aliphatic rings. The number of carbonyl (C=O) groups excluding carboxylic acids is 1. The molecular weight excluding hydrogens is 296 g/mol. The smallest absolute Gasteiger partial charge is 0.276 e. The molecule has 0 radical (unpaired) electrons. The topological polar surface area (TPSA) is 70.7 Å². The summed E-state index contributed by atoms with van der Waals surface area (Å²) in [6.07, 6.45) is 1.68. The van der Waals surface area contributed by atoms with E-state index in [1.807, 2.05) is 6.07 Å². The second-order valence-electron chi connectivity index (χ2n) is 3.63. The first-order valence-corrected chi connectivity index (χ1v) is 5.90. The molecule has 0 unspecified atom stereocenters. The Bertz CT molecular complexity index is 642. The molecule has 2 rings (SSSR count). The summed E-state index contributed by atoms with van der Waals surface area (Å²) in [6, 6.07) is 8.72. The van der Waals surface area contributed by atoms with Crippen molar-refractivity contribution in [2.45, 2.75) is 0 Å². The van der Waals surface area contributed by atoms with Crippen LogP contribution >= 0.6 is 15.9 Å². The second kappa shape index (κ2) is 5.02. The van der Waals surface area contributed by atoms with Crippen molar-refractivity contribution in [1.82, 2.24) is 9.78 Å². The molecule has 18 heavy (non-hydrogen) atoms. The highest BCUT2D eigenvalue weighted by Gasteiger charge is 2.11. The van der Waals surface area contributed by atoms with Gasteiger partial charge < -0.3 is 5.32 Å². The number of hydrogen-bond donors (Lipinski definition) is 1. The molecule has 1 aromatic heterocycles. The van der Waals surface area contributed by atoms with Gasteiger partial charge in [0.15, 0.2) is 5.69 Å². The molecular formula is C12H9BrN4O. The lowest BCUT2D eigenvalue weighted by molar-refractivity contribution is 0.102. The zero-order valence-corrected chi connectivity index (χ0v) is 11.1. The van der Waals surface area contributed by atoms with Crippen LogP contribution in [0.1, 0.15) is 16.1 Å². The molecule has 1 heterocycles. The van der Waals surface area contributed by atoms with Crippen LogP contribution in [0.3, 0.4) is 0 Å². The van der Waals surface area contributed by atoms with E-state index in [2.05, 4.69) is 26.3 Å². The van der Waals surface area contributed by atoms with E-state index in [9.17, 15) is 4.79 Å². The van der Waals surface area contributed by atoms with E-state index in [0.29, 0.717) is 16.9 Å². The summed E-state index contributed by atoms with van der Waals surface area (Å²) >= 11 is 3.27. The zero-order chi connectivity index (χ0) is 13.1. The molecule has 6 heteroatoms. The van der Waals surface area contributed by atoms with Gasteiger partial charge in [-0.25, -0.2) is 0 Å². The number of aryl methyl sites for hydroxylation is 1. The Labute approximate surface area is 112 Å². The minimum Gasteiger partial charge on any atom is -0.319 e. The fourth-order valence-corrected chi connectivity index (χ4v) is 1.80. The van der Waals surface area contributed by atoms with Gasteiger partial charge in [-0.05, 0) is 24.3 Å². The summed E-state index contributed by atoms with van der Waals surface area (Å²) in [4.78, 5) is 11.9. The van der Waals surface area contributed by atoms with Crippen LogP contribution in [0.4, 0.5) is 5.69 Å². The fraction of sp³-hybridized carbons (Fsp3) is 0.0833. The molecule has 0 saturated heterocycles. The summed E-state index contributed by atoms with van der Waals surface area (Å²) in [5, 5.41) is 15.6. The van der Waals surface area contributed by atoms with Crippen molar-refractivity contribution in [3.63, 3.8) is 0 Å². The van der Waals surface area contributed by atoms with Crippen molar-refractivity contribution >= 4 is 27.5 Å². The van der Waals surface area contributed by atoms with Gasteiger partial charge in [0.2, 0.25) is 0 Å². The fourth-order valence-electron chi connectivity index (χ4n) is 1.44. The first kappa shape index (κ1) is 12.3. The highest BCUT2D eigenvalue weighted by Crippen LogP contribution is 2.20. The number of rotatable bonds is 2. The average Bonchev–Trinajstić information content (AvgIpc) is 2.78. The number of benzene rings is 1. The minimum absolute atomic E-state index is 0.310. The average molecular weight is 305 g/mol. The molecule has 1 N–H and O–H groups in total. The van der Waals surface area contributed by atoms with Crippen molar-refractivity contribution in [3.8, 4) is 6.07 Å². The summed E-state index contributed by atoms with van der Waals surface area (Å²) in [5.74, 6) is -0.338. The Kier molecular flexibility index (Phi) is 3.44. The van der Waals surface area contributed by atoms with Gasteiger partial charge in [0.1, 0.15) is 6.07 Å². The first-order valence-electron chi connectivity index (χ1n) is 5.11. The number of amides is 1. The largest absolute Gasteiger partial charge is 0.319 e. The Morgan fingerprint density at radius 3 is 2.89 bits per heavy atom. The van der Waals surface area contributed by atoms with Crippen molar-refractivity contribution in [3.05, 3.63) is 46.2 Å². The molecule has 5 nitrogen and oxygen atoms in total. The maximum atomic E-state index is 11.9. The van der Waals surface area contributed by atoms with E-state index >= 15 is 0 Å². The molecule has 0 spiro atoms. The van der Waals surface area contributed by atoms with Gasteiger partial charge in [-0.1, -0.05) is 15.9 Å². The Morgan fingerprint density at radius 1 is 1.50 bits per heavy atom. The molecule has 0 fully saturated rings. The third-order valence-corrected chi connectivity index (χ3v) is 2.79. The number of hydrogen-bond acceptors (Lipinski definition) is 3. The van der Waals surface area contributed by atoms with Gasteiger partial charge in [0.05, 0.1) is 11.3 Å². The lowest BCUT2D eigenvalue weighted by Crippen LogP contribution is -2.13. The number of nitrogens with one attached hydrogen (secondary N) is 1. The minimum atomic E-state index is -0.338. The van der Waals surface area contributed by atoms with Crippen LogP contribution in [0.25, 0.3) is 0 Å². The molecule has 90 valence electrons. The molecule has 0 atom stereocenters. The third kappa shape index (κ3) is 2.57. The maximum Gasteiger partial charge on any atom is 0.276 e. The number of carbonyl (C=O) groups is 1. The highest BCUT2D eigenvalue weighted by atomic mass is 79.9. The predicted octanol–water partition coefficient (Wildman–Crippen LogP) is 2.31. The maximum absolute atomic E-state index is 11.9. The van der Waals surface area contributed by atoms with Crippen LogP contribution < -0.4 is 5.32 Å². The van der Waals surface area contributed by atoms with E-state index in [1.54, 1.807) is 42.2 Å². The lowest BCUT2D eigenvalue weighted by atomic mass is 10.2. The SMILES string of the molecule is Cn1ccc(C(=O)Nc2ccc(Br)cc2C#N)n1. The van der Waals surface area contributed by atoms with Crippen LogP contribution in [0.2, 0.25) is 0 Å². The number of halogens is 1. The van der Waals surface area contributed by atoms with Gasteiger partial charge in [-0.3, -0.25) is 9.48 Å². The quantitative estimate of drug-likeness (QED) is 0.925. The monoisotopic (exact) mass is 304 g/mol. The van der Waals surface area contributed by atoms with Crippen molar-refractivity contribution in [2.75, 3.05) is 5.32 Å². The summed E-state index contributed by atoms with van der Waals surface area (Å²) in [6.45, 7) is 0. The van der Waals surface area contributed by atoms with Gasteiger partial charge >= 0.3 is 0 Å². The summed E-state index contributed by atoms with van der Waals surface area (Å²) in [7, 11) is 1.73. The Hall–Kier alpha value is -2.13. The zero-order valence-electron chi connectivity index (χ0n) is 9.51. The number of aromatic nitrogens is 2. The van der Waals surface area contributed by atoms with Gasteiger partial charge in [-0.2, -0.15) is 10.4 Å². The van der Waals surface area contributed by atoms with E-state index in [-0.39, 0.29) is 5.91 Å². The van der Waals surface area contributed by atoms with E-state index in [1.165, 1.54) is 0 Å².